The molecule has 1 N–H and O–H groups in total. The third kappa shape index (κ3) is 3.69. The first-order valence-electron chi connectivity index (χ1n) is 7.45. The van der Waals surface area contributed by atoms with Crippen LogP contribution in [0, 0.1) is 6.92 Å². The summed E-state index contributed by atoms with van der Waals surface area (Å²) >= 11 is 6.95. The van der Waals surface area contributed by atoms with Crippen molar-refractivity contribution in [3.63, 3.8) is 0 Å². The second-order valence-corrected chi connectivity index (χ2v) is 6.61. The second kappa shape index (κ2) is 7.38. The van der Waals surface area contributed by atoms with Crippen molar-refractivity contribution < 1.29 is 9.67 Å². The predicted octanol–water partition coefficient (Wildman–Crippen LogP) is 3.47. The number of rotatable bonds is 4. The van der Waals surface area contributed by atoms with E-state index in [1.54, 1.807) is 4.57 Å². The van der Waals surface area contributed by atoms with Gasteiger partial charge in [0.25, 0.3) is 0 Å². The third-order valence-corrected chi connectivity index (χ3v) is 4.62. The smallest absolute Gasteiger partial charge is 0.239 e. The highest BCUT2D eigenvalue weighted by molar-refractivity contribution is 7.81. The first-order chi connectivity index (χ1) is 11.6. The molecule has 3 rings (SSSR count). The average Bonchev–Trinajstić information content (AvgIpc) is 3.13. The van der Waals surface area contributed by atoms with Gasteiger partial charge in [0, 0.05) is 22.7 Å². The zero-order valence-corrected chi connectivity index (χ0v) is 14.7. The fourth-order valence-electron chi connectivity index (χ4n) is 2.24. The maximum absolute atomic E-state index is 12.9. The highest BCUT2D eigenvalue weighted by Crippen LogP contribution is 2.20. The number of aryl methyl sites for hydroxylation is 1. The van der Waals surface area contributed by atoms with Gasteiger partial charge in [-0.15, -0.1) is 11.3 Å². The van der Waals surface area contributed by atoms with E-state index in [-0.39, 0.29) is 5.76 Å². The lowest BCUT2D eigenvalue weighted by Crippen LogP contribution is -2.39. The Kier molecular flexibility index (Phi) is 5.03. The molecule has 3 nitrogen and oxygen atoms in total. The number of hydrogen-bond donors (Lipinski definition) is 1. The van der Waals surface area contributed by atoms with Crippen LogP contribution in [0.1, 0.15) is 10.4 Å². The van der Waals surface area contributed by atoms with Crippen LogP contribution in [-0.4, -0.2) is 4.99 Å². The number of pyridine rings is 1. The summed E-state index contributed by atoms with van der Waals surface area (Å²) in [6.07, 6.45) is 3.65. The van der Waals surface area contributed by atoms with Crippen LogP contribution in [0.2, 0.25) is 0 Å². The molecule has 0 amide bonds. The van der Waals surface area contributed by atoms with Crippen molar-refractivity contribution in [1.82, 2.24) is 0 Å². The van der Waals surface area contributed by atoms with Crippen molar-refractivity contribution in [2.45, 2.75) is 6.92 Å². The number of thiocarbonyl (C=S) groups is 1. The zero-order chi connectivity index (χ0) is 16.9. The molecular formula is C19H16N2OS2. The van der Waals surface area contributed by atoms with Crippen LogP contribution < -0.4 is 15.0 Å². The minimum Gasteiger partial charge on any atom is -0.867 e. The van der Waals surface area contributed by atoms with Crippen molar-refractivity contribution in [3.8, 4) is 0 Å². The maximum atomic E-state index is 12.9. The van der Waals surface area contributed by atoms with Crippen molar-refractivity contribution in [3.05, 3.63) is 82.8 Å². The summed E-state index contributed by atoms with van der Waals surface area (Å²) in [5.41, 5.74) is 2.47. The fourth-order valence-corrected chi connectivity index (χ4v) is 3.22. The van der Waals surface area contributed by atoms with Crippen LogP contribution in [0.5, 0.6) is 0 Å². The molecule has 2 aromatic heterocycles. The molecule has 0 aliphatic carbocycles. The van der Waals surface area contributed by atoms with Crippen LogP contribution in [-0.2, 0) is 0 Å². The van der Waals surface area contributed by atoms with E-state index in [2.05, 4.69) is 5.32 Å². The van der Waals surface area contributed by atoms with Crippen LogP contribution in [0.3, 0.4) is 0 Å². The highest BCUT2D eigenvalue weighted by Gasteiger charge is 2.18. The molecule has 5 heteroatoms. The SMILES string of the molecule is Cc1ccc(NC(=S)C(=C([O-])c2cccs2)[n+]2ccccc2)cc1. The lowest BCUT2D eigenvalue weighted by molar-refractivity contribution is -0.577. The van der Waals surface area contributed by atoms with Gasteiger partial charge in [-0.05, 0) is 36.3 Å². The van der Waals surface area contributed by atoms with Gasteiger partial charge in [0.05, 0.1) is 0 Å². The van der Waals surface area contributed by atoms with Gasteiger partial charge >= 0.3 is 0 Å². The molecule has 0 saturated carbocycles. The van der Waals surface area contributed by atoms with E-state index in [9.17, 15) is 5.11 Å². The zero-order valence-electron chi connectivity index (χ0n) is 13.1. The quantitative estimate of drug-likeness (QED) is 0.338. The van der Waals surface area contributed by atoms with E-state index in [0.717, 1.165) is 5.69 Å². The van der Waals surface area contributed by atoms with Gasteiger partial charge in [-0.1, -0.05) is 42.0 Å². The normalized spacial score (nSPS) is 11.7. The van der Waals surface area contributed by atoms with Gasteiger partial charge < -0.3 is 10.4 Å². The molecule has 0 unspecified atom stereocenters. The Hall–Kier alpha value is -2.50. The Bertz CT molecular complexity index is 854. The third-order valence-electron chi connectivity index (χ3n) is 3.46. The van der Waals surface area contributed by atoms with Gasteiger partial charge in [-0.2, -0.15) is 4.57 Å². The number of thiophene rings is 1. The molecular weight excluding hydrogens is 336 g/mol. The average molecular weight is 352 g/mol. The Morgan fingerprint density at radius 2 is 1.75 bits per heavy atom. The van der Waals surface area contributed by atoms with Crippen LogP contribution in [0.25, 0.3) is 11.5 Å². The minimum atomic E-state index is -0.0918. The second-order valence-electron chi connectivity index (χ2n) is 5.26. The van der Waals surface area contributed by atoms with E-state index in [4.69, 9.17) is 12.2 Å². The predicted molar refractivity (Wildman–Crippen MR) is 101 cm³/mol. The van der Waals surface area contributed by atoms with E-state index in [1.807, 2.05) is 79.3 Å². The summed E-state index contributed by atoms with van der Waals surface area (Å²) in [5, 5.41) is 18.0. The first kappa shape index (κ1) is 16.4. The molecule has 0 aliphatic rings. The topological polar surface area (TPSA) is 39.0 Å². The van der Waals surface area contributed by atoms with E-state index in [1.165, 1.54) is 16.9 Å². The summed E-state index contributed by atoms with van der Waals surface area (Å²) in [6.45, 7) is 2.03. The molecule has 1 aromatic carbocycles. The number of benzene rings is 1. The molecule has 0 atom stereocenters. The van der Waals surface area contributed by atoms with Gasteiger partial charge in [0.2, 0.25) is 5.70 Å². The Morgan fingerprint density at radius 3 is 2.38 bits per heavy atom. The summed E-state index contributed by atoms with van der Waals surface area (Å²) in [6, 6.07) is 17.2. The van der Waals surface area contributed by atoms with Gasteiger partial charge in [0.15, 0.2) is 17.4 Å². The lowest BCUT2D eigenvalue weighted by atomic mass is 10.2. The highest BCUT2D eigenvalue weighted by atomic mass is 32.1. The molecule has 0 spiro atoms. The number of aromatic nitrogens is 1. The van der Waals surface area contributed by atoms with Crippen LogP contribution in [0.4, 0.5) is 5.69 Å². The maximum Gasteiger partial charge on any atom is 0.239 e. The van der Waals surface area contributed by atoms with Crippen LogP contribution in [0.15, 0.2) is 72.4 Å². The van der Waals surface area contributed by atoms with Crippen molar-refractivity contribution in [2.75, 3.05) is 5.32 Å². The Labute approximate surface area is 150 Å². The summed E-state index contributed by atoms with van der Waals surface area (Å²) < 4.78 is 1.76. The number of nitrogens with one attached hydrogen (secondary N) is 1. The first-order valence-corrected chi connectivity index (χ1v) is 8.74. The molecule has 24 heavy (non-hydrogen) atoms. The number of anilines is 1. The molecule has 0 aliphatic heterocycles. The summed E-state index contributed by atoms with van der Waals surface area (Å²) in [5.74, 6) is -0.0918. The standard InChI is InChI=1S/C19H16N2OS2/c1-14-7-9-15(10-8-14)20-19(23)17(21-11-3-2-4-12-21)18(22)16-6-5-13-24-16/h2-13H,1H3,(H-,20,22,23). The molecule has 2 heterocycles. The van der Waals surface area contributed by atoms with Gasteiger partial charge in [-0.3, -0.25) is 0 Å². The van der Waals surface area contributed by atoms with E-state index >= 15 is 0 Å². The Balaban J connectivity index is 2.00. The molecule has 3 aromatic rings. The Morgan fingerprint density at radius 1 is 1.04 bits per heavy atom. The summed E-state index contributed by atoms with van der Waals surface area (Å²) in [4.78, 5) is 1.06. The van der Waals surface area contributed by atoms with Crippen molar-refractivity contribution in [1.29, 1.82) is 0 Å². The van der Waals surface area contributed by atoms with Gasteiger partial charge in [0.1, 0.15) is 0 Å². The molecule has 0 bridgehead atoms. The van der Waals surface area contributed by atoms with Crippen molar-refractivity contribution in [2.24, 2.45) is 0 Å². The van der Waals surface area contributed by atoms with Gasteiger partial charge in [-0.25, -0.2) is 0 Å². The number of hydrogen-bond acceptors (Lipinski definition) is 3. The lowest BCUT2D eigenvalue weighted by Gasteiger charge is -2.15. The van der Waals surface area contributed by atoms with E-state index < -0.39 is 0 Å². The number of nitrogens with zero attached hydrogens (tertiary/aromatic N) is 1. The molecule has 120 valence electrons. The molecule has 0 fully saturated rings. The van der Waals surface area contributed by atoms with Crippen LogP contribution >= 0.6 is 23.6 Å². The largest absolute Gasteiger partial charge is 0.867 e. The minimum absolute atomic E-state index is 0.0918. The summed E-state index contributed by atoms with van der Waals surface area (Å²) in [7, 11) is 0. The monoisotopic (exact) mass is 352 g/mol. The molecule has 0 radical (unpaired) electrons. The fraction of sp³-hybridized carbons (Fsp3) is 0.0526. The van der Waals surface area contributed by atoms with Crippen molar-refractivity contribution >= 4 is 45.7 Å². The van der Waals surface area contributed by atoms with E-state index in [0.29, 0.717) is 15.6 Å². The molecule has 0 saturated heterocycles.